The first-order valence-corrected chi connectivity index (χ1v) is 4.42. The molecule has 0 saturated carbocycles. The fraction of sp³-hybridized carbons (Fsp3) is 0.667. The van der Waals surface area contributed by atoms with Crippen LogP contribution in [0.1, 0.15) is 13.3 Å². The van der Waals surface area contributed by atoms with E-state index in [0.29, 0.717) is 0 Å². The molecule has 1 atom stereocenters. The van der Waals surface area contributed by atoms with E-state index in [1.807, 2.05) is 0 Å². The molecule has 0 spiro atoms. The van der Waals surface area contributed by atoms with Crippen LogP contribution in [-0.2, 0) is 9.53 Å². The van der Waals surface area contributed by atoms with E-state index >= 15 is 0 Å². The van der Waals surface area contributed by atoms with Gasteiger partial charge in [-0.1, -0.05) is 6.58 Å². The number of hydrogen-bond donors (Lipinski definition) is 1. The van der Waals surface area contributed by atoms with E-state index in [1.54, 1.807) is 0 Å². The van der Waals surface area contributed by atoms with Crippen LogP contribution in [0.5, 0.6) is 0 Å². The lowest BCUT2D eigenvalue weighted by molar-refractivity contribution is -0.291. The number of rotatable bonds is 5. The third kappa shape index (κ3) is 5.12. The topological polar surface area (TPSA) is 46.5 Å². The Hall–Kier alpha value is -1.18. The molecule has 0 fully saturated rings. The van der Waals surface area contributed by atoms with Gasteiger partial charge in [0.05, 0.1) is 12.5 Å². The SMILES string of the molecule is C=C(C)C(=O)OCC(O)CC(F)(F)C(F)(F)F. The molecule has 0 aromatic heterocycles. The minimum Gasteiger partial charge on any atom is -0.460 e. The monoisotopic (exact) mass is 262 g/mol. The molecule has 0 aliphatic heterocycles. The van der Waals surface area contributed by atoms with Crippen molar-refractivity contribution in [3.8, 4) is 0 Å². The molecule has 0 radical (unpaired) electrons. The zero-order valence-electron chi connectivity index (χ0n) is 8.85. The molecule has 3 nitrogen and oxygen atoms in total. The number of esters is 1. The number of aliphatic hydroxyl groups is 1. The quantitative estimate of drug-likeness (QED) is 0.468. The molecule has 0 heterocycles. The standard InChI is InChI=1S/C9H11F5O3/c1-5(2)7(16)17-4-6(15)3-8(10,11)9(12,13)14/h6,15H,1,3-4H2,2H3. The lowest BCUT2D eigenvalue weighted by atomic mass is 10.1. The van der Waals surface area contributed by atoms with Crippen LogP contribution in [-0.4, -0.2) is 35.9 Å². The highest BCUT2D eigenvalue weighted by Crippen LogP contribution is 2.38. The number of halogens is 5. The Morgan fingerprint density at radius 2 is 1.82 bits per heavy atom. The van der Waals surface area contributed by atoms with Crippen LogP contribution in [0.15, 0.2) is 12.2 Å². The van der Waals surface area contributed by atoms with Gasteiger partial charge in [-0.3, -0.25) is 0 Å². The Bertz CT molecular complexity index is 297. The van der Waals surface area contributed by atoms with Crippen LogP contribution in [0, 0.1) is 0 Å². The molecular weight excluding hydrogens is 251 g/mol. The summed E-state index contributed by atoms with van der Waals surface area (Å²) in [5, 5.41) is 8.89. The number of carbonyl (C=O) groups is 1. The summed E-state index contributed by atoms with van der Waals surface area (Å²) in [6.45, 7) is 3.48. The Morgan fingerprint density at radius 3 is 2.18 bits per heavy atom. The number of ether oxygens (including phenoxy) is 1. The summed E-state index contributed by atoms with van der Waals surface area (Å²) >= 11 is 0. The molecule has 0 aromatic carbocycles. The average molecular weight is 262 g/mol. The maximum Gasteiger partial charge on any atom is 0.453 e. The molecule has 0 aliphatic carbocycles. The summed E-state index contributed by atoms with van der Waals surface area (Å²) in [4.78, 5) is 10.8. The van der Waals surface area contributed by atoms with Gasteiger partial charge in [-0.05, 0) is 6.92 Å². The van der Waals surface area contributed by atoms with E-state index in [0.717, 1.165) is 0 Å². The van der Waals surface area contributed by atoms with Crippen molar-refractivity contribution >= 4 is 5.97 Å². The lowest BCUT2D eigenvalue weighted by Gasteiger charge is -2.22. The first-order valence-electron chi connectivity index (χ1n) is 4.42. The molecule has 0 bridgehead atoms. The highest BCUT2D eigenvalue weighted by molar-refractivity contribution is 5.86. The van der Waals surface area contributed by atoms with Gasteiger partial charge in [0.25, 0.3) is 0 Å². The van der Waals surface area contributed by atoms with Crippen molar-refractivity contribution in [3.05, 3.63) is 12.2 Å². The summed E-state index contributed by atoms with van der Waals surface area (Å²) in [5.41, 5.74) is -0.0558. The average Bonchev–Trinajstić information content (AvgIpc) is 2.11. The van der Waals surface area contributed by atoms with E-state index in [-0.39, 0.29) is 5.57 Å². The third-order valence-corrected chi connectivity index (χ3v) is 1.66. The smallest absolute Gasteiger partial charge is 0.453 e. The predicted octanol–water partition coefficient (Wildman–Crippen LogP) is 2.05. The van der Waals surface area contributed by atoms with Crippen molar-refractivity contribution in [3.63, 3.8) is 0 Å². The zero-order valence-corrected chi connectivity index (χ0v) is 8.85. The molecule has 1 N–H and O–H groups in total. The van der Waals surface area contributed by atoms with Crippen molar-refractivity contribution in [2.75, 3.05) is 6.61 Å². The van der Waals surface area contributed by atoms with Crippen molar-refractivity contribution in [2.45, 2.75) is 31.5 Å². The first-order chi connectivity index (χ1) is 7.47. The van der Waals surface area contributed by atoms with E-state index < -0.39 is 37.2 Å². The number of alkyl halides is 5. The Labute approximate surface area is 93.9 Å². The zero-order chi connectivity index (χ0) is 13.9. The first kappa shape index (κ1) is 15.8. The minimum absolute atomic E-state index is 0.0558. The van der Waals surface area contributed by atoms with E-state index in [2.05, 4.69) is 11.3 Å². The molecule has 1 unspecified atom stereocenters. The fourth-order valence-corrected chi connectivity index (χ4v) is 0.766. The second-order valence-electron chi connectivity index (χ2n) is 3.44. The lowest BCUT2D eigenvalue weighted by Crippen LogP contribution is -2.40. The van der Waals surface area contributed by atoms with Gasteiger partial charge < -0.3 is 9.84 Å². The molecule has 100 valence electrons. The molecule has 0 rings (SSSR count). The normalized spacial score (nSPS) is 14.3. The Kier molecular flexibility index (Phi) is 5.06. The van der Waals surface area contributed by atoms with Crippen LogP contribution in [0.25, 0.3) is 0 Å². The number of hydrogen-bond acceptors (Lipinski definition) is 3. The van der Waals surface area contributed by atoms with Crippen molar-refractivity contribution < 1.29 is 36.6 Å². The second kappa shape index (κ2) is 5.44. The molecule has 0 aromatic rings. The molecular formula is C9H11F5O3. The summed E-state index contributed by atoms with van der Waals surface area (Å²) in [6, 6.07) is 0. The Morgan fingerprint density at radius 1 is 1.35 bits per heavy atom. The highest BCUT2D eigenvalue weighted by atomic mass is 19.4. The van der Waals surface area contributed by atoms with Crippen molar-refractivity contribution in [2.24, 2.45) is 0 Å². The minimum atomic E-state index is -5.74. The maximum atomic E-state index is 12.4. The molecule has 0 aliphatic rings. The number of aliphatic hydroxyl groups excluding tert-OH is 1. The van der Waals surface area contributed by atoms with Gasteiger partial charge in [-0.2, -0.15) is 22.0 Å². The fourth-order valence-electron chi connectivity index (χ4n) is 0.766. The van der Waals surface area contributed by atoms with Crippen molar-refractivity contribution in [1.82, 2.24) is 0 Å². The van der Waals surface area contributed by atoms with E-state index in [4.69, 9.17) is 5.11 Å². The summed E-state index contributed by atoms with van der Waals surface area (Å²) in [7, 11) is 0. The van der Waals surface area contributed by atoms with Gasteiger partial charge in [0.2, 0.25) is 0 Å². The van der Waals surface area contributed by atoms with Crippen LogP contribution in [0.3, 0.4) is 0 Å². The summed E-state index contributed by atoms with van der Waals surface area (Å²) < 4.78 is 64.3. The predicted molar refractivity (Wildman–Crippen MR) is 47.4 cm³/mol. The molecule has 17 heavy (non-hydrogen) atoms. The Balaban J connectivity index is 4.24. The molecule has 0 amide bonds. The summed E-state index contributed by atoms with van der Waals surface area (Å²) in [6.07, 6.45) is -9.71. The second-order valence-corrected chi connectivity index (χ2v) is 3.44. The highest BCUT2D eigenvalue weighted by Gasteiger charge is 2.58. The summed E-state index contributed by atoms with van der Waals surface area (Å²) in [5.74, 6) is -6.00. The van der Waals surface area contributed by atoms with Crippen LogP contribution >= 0.6 is 0 Å². The van der Waals surface area contributed by atoms with Gasteiger partial charge in [0.15, 0.2) is 0 Å². The molecule has 0 saturated heterocycles. The molecule has 8 heteroatoms. The van der Waals surface area contributed by atoms with Gasteiger partial charge in [-0.15, -0.1) is 0 Å². The van der Waals surface area contributed by atoms with E-state index in [1.165, 1.54) is 6.92 Å². The van der Waals surface area contributed by atoms with Gasteiger partial charge in [0.1, 0.15) is 6.61 Å². The van der Waals surface area contributed by atoms with E-state index in [9.17, 15) is 26.7 Å². The van der Waals surface area contributed by atoms with Crippen molar-refractivity contribution in [1.29, 1.82) is 0 Å². The van der Waals surface area contributed by atoms with Gasteiger partial charge >= 0.3 is 18.1 Å². The maximum absolute atomic E-state index is 12.4. The largest absolute Gasteiger partial charge is 0.460 e. The van der Waals surface area contributed by atoms with Gasteiger partial charge in [0, 0.05) is 5.57 Å². The van der Waals surface area contributed by atoms with Crippen LogP contribution in [0.4, 0.5) is 22.0 Å². The third-order valence-electron chi connectivity index (χ3n) is 1.66. The number of carbonyl (C=O) groups excluding carboxylic acids is 1. The van der Waals surface area contributed by atoms with Crippen LogP contribution < -0.4 is 0 Å². The van der Waals surface area contributed by atoms with Crippen LogP contribution in [0.2, 0.25) is 0 Å². The van der Waals surface area contributed by atoms with Gasteiger partial charge in [-0.25, -0.2) is 4.79 Å².